The highest BCUT2D eigenvalue weighted by atomic mass is 79.9. The van der Waals surface area contributed by atoms with Crippen molar-refractivity contribution in [2.24, 2.45) is 0 Å². The summed E-state index contributed by atoms with van der Waals surface area (Å²) in [6.07, 6.45) is 2.94. The summed E-state index contributed by atoms with van der Waals surface area (Å²) in [5.74, 6) is -4.44. The molecule has 1 N–H and O–H groups in total. The van der Waals surface area contributed by atoms with Crippen molar-refractivity contribution in [1.82, 2.24) is 15.3 Å². The van der Waals surface area contributed by atoms with E-state index in [9.17, 15) is 13.6 Å². The third-order valence-corrected chi connectivity index (χ3v) is 1.89. The third-order valence-electron chi connectivity index (χ3n) is 1.48. The summed E-state index contributed by atoms with van der Waals surface area (Å²) in [7, 11) is 0. The molecule has 1 aromatic rings. The molecule has 0 aliphatic carbocycles. The van der Waals surface area contributed by atoms with Crippen LogP contribution < -0.4 is 5.32 Å². The number of amides is 1. The maximum atomic E-state index is 12.4. The van der Waals surface area contributed by atoms with Gasteiger partial charge in [0.2, 0.25) is 0 Å². The molecule has 1 amide bonds. The van der Waals surface area contributed by atoms with Crippen molar-refractivity contribution in [3.05, 3.63) is 22.7 Å². The van der Waals surface area contributed by atoms with Crippen LogP contribution in [0.25, 0.3) is 0 Å². The van der Waals surface area contributed by atoms with Crippen molar-refractivity contribution in [1.29, 1.82) is 0 Å². The van der Waals surface area contributed by atoms with Gasteiger partial charge in [0.25, 0.3) is 5.91 Å². The summed E-state index contributed by atoms with van der Waals surface area (Å²) >= 11 is 3.12. The fourth-order valence-electron chi connectivity index (χ4n) is 0.745. The molecular formula is C8H8BrF2N3O. The zero-order valence-corrected chi connectivity index (χ0v) is 9.38. The third kappa shape index (κ3) is 3.86. The molecule has 0 bridgehead atoms. The predicted octanol–water partition coefficient (Wildman–Crippen LogP) is 1.51. The lowest BCUT2D eigenvalue weighted by Gasteiger charge is -2.09. The molecular weight excluding hydrogens is 272 g/mol. The van der Waals surface area contributed by atoms with Gasteiger partial charge in [0.1, 0.15) is 5.82 Å². The van der Waals surface area contributed by atoms with Crippen LogP contribution in [0.2, 0.25) is 0 Å². The fraction of sp³-hybridized carbons (Fsp3) is 0.375. The molecule has 7 heteroatoms. The van der Waals surface area contributed by atoms with Crippen molar-refractivity contribution in [3.8, 4) is 0 Å². The van der Waals surface area contributed by atoms with Gasteiger partial charge in [-0.15, -0.1) is 0 Å². The minimum atomic E-state index is -3.38. The fourth-order valence-corrected chi connectivity index (χ4v) is 0.950. The Labute approximate surface area is 93.2 Å². The van der Waals surface area contributed by atoms with Crippen LogP contribution >= 0.6 is 15.9 Å². The number of rotatable bonds is 3. The maximum absolute atomic E-state index is 12.4. The molecule has 1 heterocycles. The first kappa shape index (κ1) is 12.0. The van der Waals surface area contributed by atoms with Crippen molar-refractivity contribution in [3.63, 3.8) is 0 Å². The summed E-state index contributed by atoms with van der Waals surface area (Å²) < 4.78 is 25.5. The molecule has 0 radical (unpaired) electrons. The van der Waals surface area contributed by atoms with E-state index in [1.165, 1.54) is 12.4 Å². The van der Waals surface area contributed by atoms with E-state index in [0.717, 1.165) is 0 Å². The summed E-state index contributed by atoms with van der Waals surface area (Å²) in [5.41, 5.74) is 0. The van der Waals surface area contributed by atoms with Crippen molar-refractivity contribution in [2.45, 2.75) is 19.4 Å². The van der Waals surface area contributed by atoms with E-state index in [1.807, 2.05) is 5.32 Å². The number of alkyl halides is 2. The van der Waals surface area contributed by atoms with Crippen molar-refractivity contribution >= 4 is 21.8 Å². The molecule has 82 valence electrons. The van der Waals surface area contributed by atoms with Gasteiger partial charge in [-0.2, -0.15) is 8.78 Å². The summed E-state index contributed by atoms with van der Waals surface area (Å²) in [4.78, 5) is 18.4. The molecule has 0 saturated heterocycles. The number of carbonyl (C=O) groups excluding carboxylic acids is 1. The Kier molecular flexibility index (Phi) is 3.67. The topological polar surface area (TPSA) is 54.9 Å². The Morgan fingerprint density at radius 1 is 1.53 bits per heavy atom. The second-order valence-corrected chi connectivity index (χ2v) is 3.80. The Hall–Kier alpha value is -1.11. The number of halogens is 3. The maximum Gasteiger partial charge on any atom is 0.321 e. The summed E-state index contributed by atoms with van der Waals surface area (Å²) in [5, 5.41) is 2.03. The van der Waals surface area contributed by atoms with Gasteiger partial charge in [0, 0.05) is 19.3 Å². The number of hydrogen-bond donors (Lipinski definition) is 1. The molecule has 0 aliphatic rings. The minimum absolute atomic E-state index is 0.116. The van der Waals surface area contributed by atoms with Crippen LogP contribution in [0, 0.1) is 0 Å². The second kappa shape index (κ2) is 4.61. The highest BCUT2D eigenvalue weighted by Crippen LogP contribution is 2.11. The van der Waals surface area contributed by atoms with Crippen molar-refractivity contribution < 1.29 is 13.6 Å². The average Bonchev–Trinajstić information content (AvgIpc) is 2.15. The van der Waals surface area contributed by atoms with E-state index in [0.29, 0.717) is 11.4 Å². The van der Waals surface area contributed by atoms with E-state index in [4.69, 9.17) is 0 Å². The van der Waals surface area contributed by atoms with Crippen LogP contribution in [0.4, 0.5) is 8.78 Å². The van der Waals surface area contributed by atoms with E-state index in [2.05, 4.69) is 25.9 Å². The lowest BCUT2D eigenvalue weighted by molar-refractivity contribution is -0.143. The second-order valence-electron chi connectivity index (χ2n) is 2.89. The van der Waals surface area contributed by atoms with Crippen LogP contribution in [0.5, 0.6) is 0 Å². The molecule has 0 aliphatic heterocycles. The van der Waals surface area contributed by atoms with Gasteiger partial charge in [0.15, 0.2) is 0 Å². The SMILES string of the molecule is CC(F)(F)C(=O)NCc1ncc(Br)cn1. The molecule has 0 fully saturated rings. The van der Waals surface area contributed by atoms with Gasteiger partial charge in [-0.1, -0.05) is 0 Å². The smallest absolute Gasteiger partial charge is 0.321 e. The van der Waals surface area contributed by atoms with E-state index < -0.39 is 11.8 Å². The number of carbonyl (C=O) groups is 1. The van der Waals surface area contributed by atoms with Gasteiger partial charge >= 0.3 is 5.92 Å². The predicted molar refractivity (Wildman–Crippen MR) is 52.2 cm³/mol. The first-order valence-electron chi connectivity index (χ1n) is 4.02. The standard InChI is InChI=1S/C8H8BrF2N3O/c1-8(10,11)7(15)14-4-6-12-2-5(9)3-13-6/h2-3H,4H2,1H3,(H,14,15). The summed E-state index contributed by atoms with van der Waals surface area (Å²) in [6, 6.07) is 0. The van der Waals surface area contributed by atoms with E-state index in [-0.39, 0.29) is 12.4 Å². The Morgan fingerprint density at radius 3 is 2.53 bits per heavy atom. The van der Waals surface area contributed by atoms with Crippen LogP contribution in [-0.4, -0.2) is 21.8 Å². The Morgan fingerprint density at radius 2 is 2.07 bits per heavy atom. The highest BCUT2D eigenvalue weighted by Gasteiger charge is 2.31. The van der Waals surface area contributed by atoms with Crippen LogP contribution in [0.15, 0.2) is 16.9 Å². The zero-order chi connectivity index (χ0) is 11.5. The van der Waals surface area contributed by atoms with Gasteiger partial charge < -0.3 is 5.32 Å². The number of nitrogens with zero attached hydrogens (tertiary/aromatic N) is 2. The van der Waals surface area contributed by atoms with Crippen molar-refractivity contribution in [2.75, 3.05) is 0 Å². The molecule has 1 rings (SSSR count). The van der Waals surface area contributed by atoms with E-state index >= 15 is 0 Å². The summed E-state index contributed by atoms with van der Waals surface area (Å²) in [6.45, 7) is 0.417. The molecule has 0 atom stereocenters. The number of aromatic nitrogens is 2. The van der Waals surface area contributed by atoms with E-state index in [1.54, 1.807) is 0 Å². The number of nitrogens with one attached hydrogen (secondary N) is 1. The average molecular weight is 280 g/mol. The molecule has 15 heavy (non-hydrogen) atoms. The Balaban J connectivity index is 2.51. The number of hydrogen-bond acceptors (Lipinski definition) is 3. The van der Waals surface area contributed by atoms with Gasteiger partial charge in [-0.3, -0.25) is 4.79 Å². The zero-order valence-electron chi connectivity index (χ0n) is 7.80. The molecule has 4 nitrogen and oxygen atoms in total. The highest BCUT2D eigenvalue weighted by molar-refractivity contribution is 9.10. The van der Waals surface area contributed by atoms with Crippen LogP contribution in [-0.2, 0) is 11.3 Å². The largest absolute Gasteiger partial charge is 0.344 e. The van der Waals surface area contributed by atoms with Gasteiger partial charge in [0.05, 0.1) is 11.0 Å². The first-order valence-corrected chi connectivity index (χ1v) is 4.81. The van der Waals surface area contributed by atoms with Crippen LogP contribution in [0.3, 0.4) is 0 Å². The molecule has 0 spiro atoms. The van der Waals surface area contributed by atoms with Gasteiger partial charge in [-0.05, 0) is 15.9 Å². The molecule has 0 aromatic carbocycles. The lowest BCUT2D eigenvalue weighted by Crippen LogP contribution is -2.37. The lowest BCUT2D eigenvalue weighted by atomic mass is 10.3. The quantitative estimate of drug-likeness (QED) is 0.913. The van der Waals surface area contributed by atoms with Crippen LogP contribution in [0.1, 0.15) is 12.7 Å². The molecule has 0 saturated carbocycles. The molecule has 1 aromatic heterocycles. The van der Waals surface area contributed by atoms with Gasteiger partial charge in [-0.25, -0.2) is 9.97 Å². The first-order chi connectivity index (χ1) is 6.89. The monoisotopic (exact) mass is 279 g/mol. The molecule has 0 unspecified atom stereocenters. The minimum Gasteiger partial charge on any atom is -0.344 e. The Bertz CT molecular complexity index is 350. The normalized spacial score (nSPS) is 11.2.